The minimum Gasteiger partial charge on any atom is -0.299 e. The molecule has 5 rings (SSSR count). The highest BCUT2D eigenvalue weighted by molar-refractivity contribution is 5.76. The van der Waals surface area contributed by atoms with Crippen molar-refractivity contribution in [3.05, 3.63) is 70.5 Å². The van der Waals surface area contributed by atoms with Gasteiger partial charge in [-0.1, -0.05) is 69.7 Å². The first-order chi connectivity index (χ1) is 17.7. The van der Waals surface area contributed by atoms with E-state index in [9.17, 15) is 4.79 Å². The van der Waals surface area contributed by atoms with Gasteiger partial charge in [-0.05, 0) is 48.1 Å². The summed E-state index contributed by atoms with van der Waals surface area (Å²) in [5.41, 5.74) is 4.96. The fourth-order valence-electron chi connectivity index (χ4n) is 5.31. The summed E-state index contributed by atoms with van der Waals surface area (Å²) in [6.07, 6.45) is 14.8. The van der Waals surface area contributed by atoms with Crippen molar-refractivity contribution in [2.45, 2.75) is 77.8 Å². The van der Waals surface area contributed by atoms with Crippen LogP contribution in [0, 0.1) is 5.92 Å². The molecule has 1 saturated carbocycles. The number of unbranched alkanes of at least 4 members (excludes halogenated alkanes) is 1. The maximum Gasteiger partial charge on any atom is 0.328 e. The first kappa shape index (κ1) is 24.2. The van der Waals surface area contributed by atoms with Crippen LogP contribution in [0.25, 0.3) is 22.6 Å². The SMILES string of the molecule is CCCCc1cn(CCC2CCCCC2)c(=O)n1Cc1ccc(-c2ncccc2-c2nn[nH]n2)cc1. The Labute approximate surface area is 211 Å². The van der Waals surface area contributed by atoms with E-state index in [0.717, 1.165) is 66.2 Å². The van der Waals surface area contributed by atoms with Gasteiger partial charge in [-0.15, -0.1) is 10.2 Å². The number of imidazole rings is 1. The average Bonchev–Trinajstić information content (AvgIpc) is 3.56. The monoisotopic (exact) mass is 485 g/mol. The number of tetrazole rings is 1. The number of H-pyrrole nitrogens is 1. The van der Waals surface area contributed by atoms with Crippen molar-refractivity contribution in [2.75, 3.05) is 0 Å². The lowest BCUT2D eigenvalue weighted by molar-refractivity contribution is 0.322. The van der Waals surface area contributed by atoms with Crippen LogP contribution in [-0.4, -0.2) is 34.7 Å². The number of nitrogens with one attached hydrogen (secondary N) is 1. The molecule has 0 spiro atoms. The molecule has 1 N–H and O–H groups in total. The summed E-state index contributed by atoms with van der Waals surface area (Å²) in [6, 6.07) is 12.1. The number of hydrogen-bond donors (Lipinski definition) is 1. The van der Waals surface area contributed by atoms with E-state index < -0.39 is 0 Å². The molecular weight excluding hydrogens is 450 g/mol. The molecule has 4 aromatic rings. The van der Waals surface area contributed by atoms with Crippen LogP contribution in [-0.2, 0) is 19.5 Å². The zero-order valence-electron chi connectivity index (χ0n) is 21.1. The van der Waals surface area contributed by atoms with Gasteiger partial charge >= 0.3 is 5.69 Å². The molecule has 3 heterocycles. The molecule has 0 radical (unpaired) electrons. The molecule has 1 aliphatic carbocycles. The predicted molar refractivity (Wildman–Crippen MR) is 140 cm³/mol. The lowest BCUT2D eigenvalue weighted by Crippen LogP contribution is -2.26. The Balaban J connectivity index is 1.35. The Hall–Kier alpha value is -3.55. The summed E-state index contributed by atoms with van der Waals surface area (Å²) in [7, 11) is 0. The number of nitrogens with zero attached hydrogens (tertiary/aromatic N) is 6. The van der Waals surface area contributed by atoms with Gasteiger partial charge in [0.05, 0.1) is 12.2 Å². The van der Waals surface area contributed by atoms with Gasteiger partial charge in [0.1, 0.15) is 0 Å². The smallest absolute Gasteiger partial charge is 0.299 e. The number of hydrogen-bond acceptors (Lipinski definition) is 5. The Morgan fingerprint density at radius 2 is 1.92 bits per heavy atom. The fraction of sp³-hybridized carbons (Fsp3) is 0.464. The molecule has 188 valence electrons. The van der Waals surface area contributed by atoms with E-state index in [1.807, 2.05) is 21.3 Å². The van der Waals surface area contributed by atoms with Crippen molar-refractivity contribution in [3.63, 3.8) is 0 Å². The highest BCUT2D eigenvalue weighted by Gasteiger charge is 2.17. The van der Waals surface area contributed by atoms with Crippen LogP contribution in [0.3, 0.4) is 0 Å². The number of benzene rings is 1. The van der Waals surface area contributed by atoms with Gasteiger partial charge in [0.2, 0.25) is 5.82 Å². The quantitative estimate of drug-likeness (QED) is 0.331. The molecule has 1 aliphatic rings. The summed E-state index contributed by atoms with van der Waals surface area (Å²) >= 11 is 0. The normalized spacial score (nSPS) is 14.4. The average molecular weight is 486 g/mol. The highest BCUT2D eigenvalue weighted by Crippen LogP contribution is 2.28. The van der Waals surface area contributed by atoms with E-state index in [0.29, 0.717) is 12.4 Å². The maximum atomic E-state index is 13.4. The van der Waals surface area contributed by atoms with Gasteiger partial charge in [-0.2, -0.15) is 5.21 Å². The molecule has 0 atom stereocenters. The van der Waals surface area contributed by atoms with Crippen LogP contribution in [0.15, 0.2) is 53.6 Å². The van der Waals surface area contributed by atoms with Crippen LogP contribution in [0.5, 0.6) is 0 Å². The first-order valence-electron chi connectivity index (χ1n) is 13.3. The summed E-state index contributed by atoms with van der Waals surface area (Å²) in [5.74, 6) is 1.29. The molecule has 3 aromatic heterocycles. The lowest BCUT2D eigenvalue weighted by atomic mass is 9.87. The van der Waals surface area contributed by atoms with Crippen LogP contribution in [0.2, 0.25) is 0 Å². The topological polar surface area (TPSA) is 94.3 Å². The molecule has 8 heteroatoms. The molecule has 0 unspecified atom stereocenters. The number of pyridine rings is 1. The van der Waals surface area contributed by atoms with Crippen molar-refractivity contribution in [2.24, 2.45) is 5.92 Å². The van der Waals surface area contributed by atoms with Gasteiger partial charge in [0.15, 0.2) is 0 Å². The van der Waals surface area contributed by atoms with Crippen molar-refractivity contribution in [1.82, 2.24) is 34.7 Å². The lowest BCUT2D eigenvalue weighted by Gasteiger charge is -2.21. The summed E-state index contributed by atoms with van der Waals surface area (Å²) in [5, 5.41) is 14.4. The van der Waals surface area contributed by atoms with E-state index in [2.05, 4.69) is 63.0 Å². The third kappa shape index (κ3) is 5.48. The number of rotatable bonds is 10. The summed E-state index contributed by atoms with van der Waals surface area (Å²) in [4.78, 5) is 18.0. The molecule has 8 nitrogen and oxygen atoms in total. The van der Waals surface area contributed by atoms with Gasteiger partial charge < -0.3 is 0 Å². The van der Waals surface area contributed by atoms with Crippen molar-refractivity contribution in [3.8, 4) is 22.6 Å². The number of aromatic nitrogens is 7. The van der Waals surface area contributed by atoms with Crippen molar-refractivity contribution < 1.29 is 0 Å². The third-order valence-corrected chi connectivity index (χ3v) is 7.38. The molecule has 1 aromatic carbocycles. The second kappa shape index (κ2) is 11.5. The van der Waals surface area contributed by atoms with E-state index in [-0.39, 0.29) is 5.69 Å². The molecule has 0 aliphatic heterocycles. The molecular formula is C28H35N7O. The van der Waals surface area contributed by atoms with E-state index in [1.54, 1.807) is 6.20 Å². The van der Waals surface area contributed by atoms with Gasteiger partial charge in [-0.25, -0.2) is 4.79 Å². The Morgan fingerprint density at radius 3 is 2.67 bits per heavy atom. The first-order valence-corrected chi connectivity index (χ1v) is 13.3. The fourth-order valence-corrected chi connectivity index (χ4v) is 5.31. The summed E-state index contributed by atoms with van der Waals surface area (Å²) < 4.78 is 3.93. The second-order valence-electron chi connectivity index (χ2n) is 9.91. The molecule has 0 saturated heterocycles. The molecule has 0 amide bonds. The van der Waals surface area contributed by atoms with Crippen molar-refractivity contribution >= 4 is 0 Å². The largest absolute Gasteiger partial charge is 0.328 e. The van der Waals surface area contributed by atoms with Gasteiger partial charge in [0.25, 0.3) is 0 Å². The van der Waals surface area contributed by atoms with Crippen molar-refractivity contribution in [1.29, 1.82) is 0 Å². The van der Waals surface area contributed by atoms with Gasteiger partial charge in [-0.3, -0.25) is 14.1 Å². The standard InChI is InChI=1S/C28H35N7O/c1-2-3-10-24-20-34(18-16-21-8-5-4-6-9-21)28(36)35(24)19-22-12-14-23(15-13-22)26-25(11-7-17-29-26)27-30-32-33-31-27/h7,11-15,17,20-21H,2-6,8-10,16,18-19H2,1H3,(H,30,31,32,33). The van der Waals surface area contributed by atoms with Crippen LogP contribution < -0.4 is 5.69 Å². The van der Waals surface area contributed by atoms with E-state index in [4.69, 9.17) is 0 Å². The Kier molecular flexibility index (Phi) is 7.69. The Bertz CT molecular complexity index is 1300. The predicted octanol–water partition coefficient (Wildman–Crippen LogP) is 5.25. The second-order valence-corrected chi connectivity index (χ2v) is 9.91. The van der Waals surface area contributed by atoms with E-state index >= 15 is 0 Å². The van der Waals surface area contributed by atoms with Crippen LogP contribution in [0.1, 0.15) is 69.5 Å². The van der Waals surface area contributed by atoms with Gasteiger partial charge in [0, 0.05) is 35.8 Å². The zero-order valence-corrected chi connectivity index (χ0v) is 21.1. The third-order valence-electron chi connectivity index (χ3n) is 7.38. The Morgan fingerprint density at radius 1 is 1.08 bits per heavy atom. The van der Waals surface area contributed by atoms with Crippen LogP contribution in [0.4, 0.5) is 0 Å². The minimum absolute atomic E-state index is 0.116. The summed E-state index contributed by atoms with van der Waals surface area (Å²) in [6.45, 7) is 3.60. The molecule has 0 bridgehead atoms. The zero-order chi connectivity index (χ0) is 24.7. The maximum absolute atomic E-state index is 13.4. The van der Waals surface area contributed by atoms with Crippen LogP contribution >= 0.6 is 0 Å². The van der Waals surface area contributed by atoms with E-state index in [1.165, 1.54) is 32.1 Å². The highest BCUT2D eigenvalue weighted by atomic mass is 16.1. The molecule has 1 fully saturated rings. The number of aromatic amines is 1. The molecule has 36 heavy (non-hydrogen) atoms. The number of aryl methyl sites for hydroxylation is 2. The minimum atomic E-state index is 0.116.